The van der Waals surface area contributed by atoms with Gasteiger partial charge < -0.3 is 5.32 Å². The molecule has 1 aromatic carbocycles. The normalized spacial score (nSPS) is 17.9. The molecule has 0 saturated carbocycles. The monoisotopic (exact) mass is 269 g/mol. The summed E-state index contributed by atoms with van der Waals surface area (Å²) in [6, 6.07) is 3.07. The SMILES string of the molecule is O=C1NC(Cl)(Cl)c2c(Cl)ccc(Cl)c21. The Hall–Kier alpha value is -0.150. The lowest BCUT2D eigenvalue weighted by molar-refractivity contribution is 0.0960. The van der Waals surface area contributed by atoms with Crippen molar-refractivity contribution in [3.8, 4) is 0 Å². The average Bonchev–Trinajstić information content (AvgIpc) is 2.30. The Kier molecular flexibility index (Phi) is 2.35. The molecule has 1 heterocycles. The fourth-order valence-electron chi connectivity index (χ4n) is 1.35. The van der Waals surface area contributed by atoms with Crippen LogP contribution in [0.4, 0.5) is 0 Å². The van der Waals surface area contributed by atoms with Crippen molar-refractivity contribution in [1.29, 1.82) is 0 Å². The lowest BCUT2D eigenvalue weighted by Gasteiger charge is -2.14. The number of rotatable bonds is 0. The quantitative estimate of drug-likeness (QED) is 0.569. The fourth-order valence-corrected chi connectivity index (χ4v) is 2.55. The minimum absolute atomic E-state index is 0.240. The van der Waals surface area contributed by atoms with Gasteiger partial charge in [-0.25, -0.2) is 0 Å². The molecule has 1 aliphatic rings. The highest BCUT2D eigenvalue weighted by Gasteiger charge is 2.42. The number of alkyl halides is 2. The second-order valence-electron chi connectivity index (χ2n) is 2.81. The van der Waals surface area contributed by atoms with Gasteiger partial charge in [0.15, 0.2) is 0 Å². The van der Waals surface area contributed by atoms with Crippen LogP contribution in [0.2, 0.25) is 10.0 Å². The van der Waals surface area contributed by atoms with E-state index in [-0.39, 0.29) is 10.6 Å². The molecule has 0 unspecified atom stereocenters. The molecule has 0 saturated heterocycles. The van der Waals surface area contributed by atoms with Crippen molar-refractivity contribution in [1.82, 2.24) is 5.32 Å². The van der Waals surface area contributed by atoms with Gasteiger partial charge in [0.25, 0.3) is 5.91 Å². The van der Waals surface area contributed by atoms with Gasteiger partial charge in [0.1, 0.15) is 0 Å². The van der Waals surface area contributed by atoms with Crippen LogP contribution in [-0.2, 0) is 4.46 Å². The summed E-state index contributed by atoms with van der Waals surface area (Å²) in [5.74, 6) is -0.419. The van der Waals surface area contributed by atoms with Crippen molar-refractivity contribution in [2.75, 3.05) is 0 Å². The van der Waals surface area contributed by atoms with Gasteiger partial charge in [0.05, 0.1) is 10.6 Å². The maximum atomic E-state index is 11.4. The average molecular weight is 271 g/mol. The predicted octanol–water partition coefficient (Wildman–Crippen LogP) is 3.32. The van der Waals surface area contributed by atoms with Crippen molar-refractivity contribution in [2.24, 2.45) is 0 Å². The van der Waals surface area contributed by atoms with E-state index < -0.39 is 10.4 Å². The van der Waals surface area contributed by atoms with Crippen LogP contribution >= 0.6 is 46.4 Å². The first-order valence-electron chi connectivity index (χ1n) is 3.62. The smallest absolute Gasteiger partial charge is 0.255 e. The lowest BCUT2D eigenvalue weighted by atomic mass is 10.1. The topological polar surface area (TPSA) is 29.1 Å². The Morgan fingerprint density at radius 3 is 2.29 bits per heavy atom. The Morgan fingerprint density at radius 1 is 1.14 bits per heavy atom. The molecular weight excluding hydrogens is 268 g/mol. The number of hydrogen-bond acceptors (Lipinski definition) is 1. The van der Waals surface area contributed by atoms with Gasteiger partial charge in [-0.05, 0) is 12.1 Å². The largest absolute Gasteiger partial charge is 0.317 e. The molecule has 2 rings (SSSR count). The minimum Gasteiger partial charge on any atom is -0.317 e. The molecule has 1 amide bonds. The number of fused-ring (bicyclic) bond motifs is 1. The lowest BCUT2D eigenvalue weighted by Crippen LogP contribution is -2.27. The molecular formula is C8H3Cl4NO. The number of nitrogens with one attached hydrogen (secondary N) is 1. The van der Waals surface area contributed by atoms with E-state index in [2.05, 4.69) is 5.32 Å². The summed E-state index contributed by atoms with van der Waals surface area (Å²) in [4.78, 5) is 11.4. The van der Waals surface area contributed by atoms with Crippen LogP contribution < -0.4 is 5.32 Å². The summed E-state index contributed by atoms with van der Waals surface area (Å²) < 4.78 is -1.49. The zero-order chi connectivity index (χ0) is 10.5. The van der Waals surface area contributed by atoms with E-state index >= 15 is 0 Å². The van der Waals surface area contributed by atoms with Crippen LogP contribution in [-0.4, -0.2) is 5.91 Å². The maximum absolute atomic E-state index is 11.4. The Balaban J connectivity index is 2.80. The molecule has 6 heteroatoms. The number of carbonyl (C=O) groups is 1. The second kappa shape index (κ2) is 3.17. The molecule has 0 radical (unpaired) electrons. The van der Waals surface area contributed by atoms with Crippen molar-refractivity contribution < 1.29 is 4.79 Å². The van der Waals surface area contributed by atoms with E-state index in [1.807, 2.05) is 0 Å². The molecule has 1 N–H and O–H groups in total. The van der Waals surface area contributed by atoms with Crippen LogP contribution in [0.25, 0.3) is 0 Å². The minimum atomic E-state index is -1.49. The molecule has 0 aromatic heterocycles. The van der Waals surface area contributed by atoms with Crippen LogP contribution in [0.15, 0.2) is 12.1 Å². The summed E-state index contributed by atoms with van der Waals surface area (Å²) in [6.07, 6.45) is 0. The Labute approximate surface area is 100 Å². The number of carbonyl (C=O) groups excluding carboxylic acids is 1. The number of hydrogen-bond donors (Lipinski definition) is 1. The molecule has 0 bridgehead atoms. The highest BCUT2D eigenvalue weighted by atomic mass is 35.5. The molecule has 1 aromatic rings. The number of benzene rings is 1. The molecule has 0 fully saturated rings. The zero-order valence-corrected chi connectivity index (χ0v) is 9.60. The standard InChI is InChI=1S/C8H3Cl4NO/c9-3-1-2-4(10)6-5(3)7(14)13-8(6,11)12/h1-2H,(H,13,14). The van der Waals surface area contributed by atoms with Gasteiger partial charge in [-0.3, -0.25) is 4.79 Å². The van der Waals surface area contributed by atoms with Crippen molar-refractivity contribution >= 4 is 52.3 Å². The highest BCUT2D eigenvalue weighted by Crippen LogP contribution is 2.44. The van der Waals surface area contributed by atoms with Gasteiger partial charge in [-0.1, -0.05) is 46.4 Å². The summed E-state index contributed by atoms with van der Waals surface area (Å²) in [5.41, 5.74) is 0.559. The summed E-state index contributed by atoms with van der Waals surface area (Å²) >= 11 is 23.4. The van der Waals surface area contributed by atoms with Gasteiger partial charge >= 0.3 is 0 Å². The van der Waals surface area contributed by atoms with Crippen LogP contribution in [0.3, 0.4) is 0 Å². The first-order chi connectivity index (χ1) is 6.43. The third-order valence-corrected chi connectivity index (χ3v) is 3.11. The molecule has 2 nitrogen and oxygen atoms in total. The third kappa shape index (κ3) is 1.38. The third-order valence-electron chi connectivity index (χ3n) is 1.92. The summed E-state index contributed by atoms with van der Waals surface area (Å²) in [5, 5.41) is 2.96. The van der Waals surface area contributed by atoms with Crippen molar-refractivity contribution in [3.63, 3.8) is 0 Å². The van der Waals surface area contributed by atoms with Gasteiger partial charge in [-0.15, -0.1) is 0 Å². The van der Waals surface area contributed by atoms with Crippen LogP contribution in [0.1, 0.15) is 15.9 Å². The maximum Gasteiger partial charge on any atom is 0.255 e. The van der Waals surface area contributed by atoms with E-state index in [0.29, 0.717) is 10.6 Å². The first-order valence-corrected chi connectivity index (χ1v) is 5.13. The first kappa shape index (κ1) is 10.4. The molecule has 74 valence electrons. The van der Waals surface area contributed by atoms with Crippen LogP contribution in [0, 0.1) is 0 Å². The molecule has 0 aliphatic carbocycles. The highest BCUT2D eigenvalue weighted by molar-refractivity contribution is 6.52. The van der Waals surface area contributed by atoms with Crippen molar-refractivity contribution in [3.05, 3.63) is 33.3 Å². The Morgan fingerprint density at radius 2 is 1.71 bits per heavy atom. The zero-order valence-electron chi connectivity index (χ0n) is 6.57. The second-order valence-corrected chi connectivity index (χ2v) is 4.95. The van der Waals surface area contributed by atoms with E-state index in [9.17, 15) is 4.79 Å². The van der Waals surface area contributed by atoms with E-state index in [1.165, 1.54) is 6.07 Å². The van der Waals surface area contributed by atoms with Gasteiger partial charge in [-0.2, -0.15) is 0 Å². The molecule has 1 aliphatic heterocycles. The predicted molar refractivity (Wildman–Crippen MR) is 57.3 cm³/mol. The number of amides is 1. The van der Waals surface area contributed by atoms with Gasteiger partial charge in [0.2, 0.25) is 4.46 Å². The van der Waals surface area contributed by atoms with Crippen molar-refractivity contribution in [2.45, 2.75) is 4.46 Å². The van der Waals surface area contributed by atoms with E-state index in [0.717, 1.165) is 0 Å². The van der Waals surface area contributed by atoms with Gasteiger partial charge in [0, 0.05) is 10.6 Å². The fraction of sp³-hybridized carbons (Fsp3) is 0.125. The summed E-state index contributed by atoms with van der Waals surface area (Å²) in [6.45, 7) is 0. The Bertz CT molecular complexity index is 430. The number of halogens is 4. The van der Waals surface area contributed by atoms with E-state index in [1.54, 1.807) is 6.07 Å². The van der Waals surface area contributed by atoms with E-state index in [4.69, 9.17) is 46.4 Å². The molecule has 0 atom stereocenters. The molecule has 0 spiro atoms. The molecule has 14 heavy (non-hydrogen) atoms. The summed E-state index contributed by atoms with van der Waals surface area (Å²) in [7, 11) is 0. The van der Waals surface area contributed by atoms with Crippen LogP contribution in [0.5, 0.6) is 0 Å².